The first kappa shape index (κ1) is 12.4. The predicted molar refractivity (Wildman–Crippen MR) is 49.7 cm³/mol. The molecule has 0 unspecified atom stereocenters. The van der Waals surface area contributed by atoms with E-state index in [4.69, 9.17) is 15.2 Å². The summed E-state index contributed by atoms with van der Waals surface area (Å²) in [6.45, 7) is 0. The number of benzene rings is 1. The van der Waals surface area contributed by atoms with Gasteiger partial charge in [-0.3, -0.25) is 0 Å². The molecule has 0 aliphatic heterocycles. The van der Waals surface area contributed by atoms with Gasteiger partial charge in [-0.15, -0.1) is 0 Å². The van der Waals surface area contributed by atoms with Gasteiger partial charge in [0.25, 0.3) is 0 Å². The Morgan fingerprint density at radius 3 is 2.31 bits per heavy atom. The molecule has 0 saturated carbocycles. The van der Waals surface area contributed by atoms with E-state index in [9.17, 15) is 13.6 Å². The van der Waals surface area contributed by atoms with Gasteiger partial charge < -0.3 is 19.9 Å². The number of hydrogen-bond acceptors (Lipinski definition) is 4. The molecule has 1 aromatic rings. The molecule has 0 bridgehead atoms. The second-order valence-corrected chi connectivity index (χ2v) is 2.85. The Labute approximate surface area is 89.0 Å². The van der Waals surface area contributed by atoms with E-state index in [0.29, 0.717) is 6.07 Å². The average molecular weight is 232 g/mol. The predicted octanol–water partition coefficient (Wildman–Crippen LogP) is -0.649. The Morgan fingerprint density at radius 1 is 1.38 bits per heavy atom. The summed E-state index contributed by atoms with van der Waals surface area (Å²) in [5, 5.41) is 26.1. The van der Waals surface area contributed by atoms with E-state index < -0.39 is 41.5 Å². The van der Waals surface area contributed by atoms with E-state index in [1.807, 2.05) is 0 Å². The molecule has 0 atom stereocenters. The highest BCUT2D eigenvalue weighted by Crippen LogP contribution is 2.23. The van der Waals surface area contributed by atoms with Crippen molar-refractivity contribution in [2.24, 2.45) is 0 Å². The van der Waals surface area contributed by atoms with Crippen LogP contribution in [-0.4, -0.2) is 35.4 Å². The zero-order valence-electron chi connectivity index (χ0n) is 8.07. The van der Waals surface area contributed by atoms with E-state index in [0.717, 1.165) is 7.11 Å². The van der Waals surface area contributed by atoms with Gasteiger partial charge in [-0.2, -0.15) is 0 Å². The van der Waals surface area contributed by atoms with Crippen molar-refractivity contribution in [3.8, 4) is 5.75 Å². The summed E-state index contributed by atoms with van der Waals surface area (Å²) < 4.78 is 31.0. The van der Waals surface area contributed by atoms with Crippen LogP contribution < -0.4 is 10.2 Å². The first-order chi connectivity index (χ1) is 7.40. The Bertz CT molecular complexity index is 435. The van der Waals surface area contributed by atoms with Gasteiger partial charge in [-0.25, -0.2) is 13.6 Å². The van der Waals surface area contributed by atoms with Crippen LogP contribution >= 0.6 is 0 Å². The van der Waals surface area contributed by atoms with E-state index in [-0.39, 0.29) is 0 Å². The van der Waals surface area contributed by atoms with Crippen molar-refractivity contribution >= 4 is 18.6 Å². The maximum Gasteiger partial charge on any atom is 0.491 e. The molecule has 8 heteroatoms. The largest absolute Gasteiger partial charge is 0.491 e. The fraction of sp³-hybridized carbons (Fsp3) is 0.125. The molecule has 3 N–H and O–H groups in total. The van der Waals surface area contributed by atoms with Crippen molar-refractivity contribution in [1.29, 1.82) is 0 Å². The standard InChI is InChI=1S/C8H7BF2O5/c1-16-7-5(10)3(8(12)13)2-4(6(7)11)9(14)15/h2,14-15H,1H3,(H,12,13). The molecule has 0 aliphatic carbocycles. The molecular formula is C8H7BF2O5. The molecule has 0 heterocycles. The molecule has 0 saturated heterocycles. The summed E-state index contributed by atoms with van der Waals surface area (Å²) in [7, 11) is -1.33. The molecule has 0 amide bonds. The van der Waals surface area contributed by atoms with Gasteiger partial charge in [-0.1, -0.05) is 0 Å². The van der Waals surface area contributed by atoms with Gasteiger partial charge in [0.05, 0.1) is 12.7 Å². The molecule has 0 aromatic heterocycles. The first-order valence-corrected chi connectivity index (χ1v) is 4.05. The maximum absolute atomic E-state index is 13.3. The van der Waals surface area contributed by atoms with Crippen molar-refractivity contribution in [2.75, 3.05) is 7.11 Å². The lowest BCUT2D eigenvalue weighted by Gasteiger charge is -2.10. The Balaban J connectivity index is 3.56. The number of aromatic carboxylic acids is 1. The summed E-state index contributed by atoms with van der Waals surface area (Å²) in [6, 6.07) is 0.500. The Hall–Kier alpha value is -1.67. The van der Waals surface area contributed by atoms with Crippen LogP contribution in [0.1, 0.15) is 10.4 Å². The number of carbonyl (C=O) groups is 1. The molecule has 0 radical (unpaired) electrons. The first-order valence-electron chi connectivity index (χ1n) is 4.05. The Morgan fingerprint density at radius 2 is 1.94 bits per heavy atom. The summed E-state index contributed by atoms with van der Waals surface area (Å²) in [5.41, 5.74) is -1.67. The zero-order valence-corrected chi connectivity index (χ0v) is 8.07. The lowest BCUT2D eigenvalue weighted by Crippen LogP contribution is -2.34. The number of methoxy groups -OCH3 is 1. The van der Waals surface area contributed by atoms with Crippen LogP contribution in [0.25, 0.3) is 0 Å². The molecular weight excluding hydrogens is 225 g/mol. The van der Waals surface area contributed by atoms with Crippen LogP contribution in [0.3, 0.4) is 0 Å². The highest BCUT2D eigenvalue weighted by Gasteiger charge is 2.27. The third kappa shape index (κ3) is 1.97. The highest BCUT2D eigenvalue weighted by molar-refractivity contribution is 6.58. The van der Waals surface area contributed by atoms with Crippen LogP contribution in [-0.2, 0) is 0 Å². The summed E-state index contributed by atoms with van der Waals surface area (Å²) in [5.74, 6) is -5.39. The van der Waals surface area contributed by atoms with Crippen molar-refractivity contribution in [1.82, 2.24) is 0 Å². The number of carboxylic acid groups (broad SMARTS) is 1. The van der Waals surface area contributed by atoms with Crippen molar-refractivity contribution in [2.45, 2.75) is 0 Å². The molecule has 1 rings (SSSR count). The fourth-order valence-corrected chi connectivity index (χ4v) is 1.15. The minimum Gasteiger partial charge on any atom is -0.491 e. The molecule has 1 aromatic carbocycles. The number of ether oxygens (including phenoxy) is 1. The van der Waals surface area contributed by atoms with E-state index in [1.165, 1.54) is 0 Å². The van der Waals surface area contributed by atoms with Crippen LogP contribution in [0, 0.1) is 11.6 Å². The van der Waals surface area contributed by atoms with Gasteiger partial charge in [0.1, 0.15) is 0 Å². The van der Waals surface area contributed by atoms with Gasteiger partial charge in [0.2, 0.25) is 0 Å². The lowest BCUT2D eigenvalue weighted by atomic mass is 9.78. The molecule has 16 heavy (non-hydrogen) atoms. The van der Waals surface area contributed by atoms with Gasteiger partial charge in [0.15, 0.2) is 17.4 Å². The summed E-state index contributed by atoms with van der Waals surface area (Å²) in [4.78, 5) is 10.6. The molecule has 0 aliphatic rings. The van der Waals surface area contributed by atoms with Crippen molar-refractivity contribution in [3.63, 3.8) is 0 Å². The summed E-state index contributed by atoms with van der Waals surface area (Å²) in [6.07, 6.45) is 0. The number of hydrogen-bond donors (Lipinski definition) is 3. The minimum absolute atomic E-state index is 0.500. The zero-order chi connectivity index (χ0) is 12.5. The van der Waals surface area contributed by atoms with E-state index >= 15 is 0 Å². The fourth-order valence-electron chi connectivity index (χ4n) is 1.15. The number of carboxylic acids is 1. The van der Waals surface area contributed by atoms with Crippen LogP contribution in [0.4, 0.5) is 8.78 Å². The molecule has 5 nitrogen and oxygen atoms in total. The lowest BCUT2D eigenvalue weighted by molar-refractivity contribution is 0.0691. The van der Waals surface area contributed by atoms with Crippen LogP contribution in [0.5, 0.6) is 5.75 Å². The third-order valence-electron chi connectivity index (χ3n) is 1.90. The van der Waals surface area contributed by atoms with E-state index in [1.54, 1.807) is 0 Å². The minimum atomic E-state index is -2.26. The van der Waals surface area contributed by atoms with Gasteiger partial charge in [-0.05, 0) is 6.07 Å². The normalized spacial score (nSPS) is 10.1. The monoisotopic (exact) mass is 232 g/mol. The number of rotatable bonds is 3. The highest BCUT2D eigenvalue weighted by atomic mass is 19.1. The van der Waals surface area contributed by atoms with Crippen LogP contribution in [0.15, 0.2) is 6.07 Å². The molecule has 0 spiro atoms. The second-order valence-electron chi connectivity index (χ2n) is 2.85. The van der Waals surface area contributed by atoms with Gasteiger partial charge in [0, 0.05) is 5.46 Å². The van der Waals surface area contributed by atoms with Gasteiger partial charge >= 0.3 is 13.1 Å². The quantitative estimate of drug-likeness (QED) is 0.603. The van der Waals surface area contributed by atoms with Crippen molar-refractivity contribution < 1.29 is 33.5 Å². The topological polar surface area (TPSA) is 87.0 Å². The Kier molecular flexibility index (Phi) is 3.46. The second kappa shape index (κ2) is 4.46. The SMILES string of the molecule is COc1c(F)c(B(O)O)cc(C(=O)O)c1F. The molecule has 0 fully saturated rings. The van der Waals surface area contributed by atoms with E-state index in [2.05, 4.69) is 4.74 Å². The van der Waals surface area contributed by atoms with Crippen LogP contribution in [0.2, 0.25) is 0 Å². The smallest absolute Gasteiger partial charge is 0.491 e. The van der Waals surface area contributed by atoms with Crippen molar-refractivity contribution in [3.05, 3.63) is 23.3 Å². The molecule has 86 valence electrons. The average Bonchev–Trinajstić information content (AvgIpc) is 2.17. The maximum atomic E-state index is 13.3. The third-order valence-corrected chi connectivity index (χ3v) is 1.90. The summed E-state index contributed by atoms with van der Waals surface area (Å²) >= 11 is 0. The number of halogens is 2.